The highest BCUT2D eigenvalue weighted by Gasteiger charge is 2.25. The number of rotatable bonds is 6. The fourth-order valence-corrected chi connectivity index (χ4v) is 1.81. The third kappa shape index (κ3) is 6.26. The minimum absolute atomic E-state index is 0.156. The molecular weight excluding hydrogens is 280 g/mol. The molecule has 3 N–H and O–H groups in total. The zero-order valence-electron chi connectivity index (χ0n) is 13.7. The number of carbonyl (C=O) groups is 2. The van der Waals surface area contributed by atoms with Crippen LogP contribution < -0.4 is 10.6 Å². The van der Waals surface area contributed by atoms with E-state index in [4.69, 9.17) is 0 Å². The van der Waals surface area contributed by atoms with Crippen molar-refractivity contribution in [2.24, 2.45) is 5.41 Å². The molecule has 0 fully saturated rings. The van der Waals surface area contributed by atoms with Crippen LogP contribution in [0.2, 0.25) is 0 Å². The van der Waals surface area contributed by atoms with Crippen molar-refractivity contribution in [3.05, 3.63) is 35.9 Å². The van der Waals surface area contributed by atoms with Gasteiger partial charge in [-0.05, 0) is 12.5 Å². The summed E-state index contributed by atoms with van der Waals surface area (Å²) in [6.45, 7) is 7.15. The molecule has 0 heterocycles. The van der Waals surface area contributed by atoms with Crippen LogP contribution in [-0.2, 0) is 16.0 Å². The summed E-state index contributed by atoms with van der Waals surface area (Å²) in [5.74, 6) is -0.482. The van der Waals surface area contributed by atoms with Gasteiger partial charge in [-0.3, -0.25) is 9.59 Å². The first kappa shape index (κ1) is 18.2. The average molecular weight is 306 g/mol. The normalized spacial score (nSPS) is 14.0. The molecule has 2 amide bonds. The summed E-state index contributed by atoms with van der Waals surface area (Å²) in [7, 11) is 0. The Morgan fingerprint density at radius 1 is 1.18 bits per heavy atom. The topological polar surface area (TPSA) is 78.4 Å². The number of benzene rings is 1. The Bertz CT molecular complexity index is 494. The van der Waals surface area contributed by atoms with E-state index in [2.05, 4.69) is 10.6 Å². The van der Waals surface area contributed by atoms with E-state index in [0.29, 0.717) is 6.42 Å². The van der Waals surface area contributed by atoms with E-state index in [1.54, 1.807) is 27.7 Å². The van der Waals surface area contributed by atoms with Crippen molar-refractivity contribution in [1.29, 1.82) is 0 Å². The third-order valence-corrected chi connectivity index (χ3v) is 3.25. The fourth-order valence-electron chi connectivity index (χ4n) is 1.81. The van der Waals surface area contributed by atoms with E-state index >= 15 is 0 Å². The number of aliphatic hydroxyl groups is 1. The Morgan fingerprint density at radius 3 is 2.32 bits per heavy atom. The van der Waals surface area contributed by atoms with Gasteiger partial charge in [0.2, 0.25) is 11.8 Å². The van der Waals surface area contributed by atoms with Crippen molar-refractivity contribution >= 4 is 11.8 Å². The second kappa shape index (κ2) is 7.94. The highest BCUT2D eigenvalue weighted by Crippen LogP contribution is 2.12. The van der Waals surface area contributed by atoms with E-state index in [-0.39, 0.29) is 18.4 Å². The van der Waals surface area contributed by atoms with Gasteiger partial charge in [-0.25, -0.2) is 0 Å². The van der Waals surface area contributed by atoms with Crippen LogP contribution in [0.3, 0.4) is 0 Å². The number of hydrogen-bond donors (Lipinski definition) is 3. The molecule has 1 aromatic carbocycles. The van der Waals surface area contributed by atoms with Gasteiger partial charge >= 0.3 is 0 Å². The lowest BCUT2D eigenvalue weighted by atomic mass is 9.95. The van der Waals surface area contributed by atoms with Crippen LogP contribution in [0.25, 0.3) is 0 Å². The van der Waals surface area contributed by atoms with Crippen molar-refractivity contribution < 1.29 is 14.7 Å². The standard InChI is InChI=1S/C17H26N2O3/c1-12(19-16(22)17(2,3)4)15(21)18-11-14(20)10-13-8-6-5-7-9-13/h5-9,12,14,20H,10-11H2,1-4H3,(H,18,21)(H,19,22). The number of amides is 2. The predicted molar refractivity (Wildman–Crippen MR) is 86.2 cm³/mol. The Hall–Kier alpha value is -1.88. The molecular formula is C17H26N2O3. The summed E-state index contributed by atoms with van der Waals surface area (Å²) in [5, 5.41) is 15.3. The van der Waals surface area contributed by atoms with Gasteiger partial charge in [0.25, 0.3) is 0 Å². The highest BCUT2D eigenvalue weighted by molar-refractivity contribution is 5.89. The van der Waals surface area contributed by atoms with Gasteiger partial charge in [-0.1, -0.05) is 51.1 Å². The van der Waals surface area contributed by atoms with Gasteiger partial charge in [0, 0.05) is 18.4 Å². The van der Waals surface area contributed by atoms with Crippen LogP contribution in [0, 0.1) is 5.41 Å². The third-order valence-electron chi connectivity index (χ3n) is 3.25. The molecule has 0 spiro atoms. The summed E-state index contributed by atoms with van der Waals surface area (Å²) in [5.41, 5.74) is 0.472. The number of nitrogens with one attached hydrogen (secondary N) is 2. The Morgan fingerprint density at radius 2 is 1.77 bits per heavy atom. The molecule has 0 saturated heterocycles. The fraction of sp³-hybridized carbons (Fsp3) is 0.529. The Kier molecular flexibility index (Phi) is 6.56. The molecule has 1 rings (SSSR count). The second-order valence-corrected chi connectivity index (χ2v) is 6.53. The SMILES string of the molecule is CC(NC(=O)C(C)(C)C)C(=O)NCC(O)Cc1ccccc1. The van der Waals surface area contributed by atoms with Gasteiger partial charge in [0.15, 0.2) is 0 Å². The molecule has 0 aliphatic carbocycles. The Labute approximate surface area is 132 Å². The molecule has 2 unspecified atom stereocenters. The lowest BCUT2D eigenvalue weighted by molar-refractivity contribution is -0.133. The average Bonchev–Trinajstić information content (AvgIpc) is 2.44. The quantitative estimate of drug-likeness (QED) is 0.740. The summed E-state index contributed by atoms with van der Waals surface area (Å²) in [6, 6.07) is 8.96. The van der Waals surface area contributed by atoms with E-state index in [9.17, 15) is 14.7 Å². The van der Waals surface area contributed by atoms with Gasteiger partial charge in [0.1, 0.15) is 6.04 Å². The molecule has 122 valence electrons. The molecule has 0 saturated carbocycles. The molecule has 0 aromatic heterocycles. The summed E-state index contributed by atoms with van der Waals surface area (Å²) >= 11 is 0. The van der Waals surface area contributed by atoms with Gasteiger partial charge in [0.05, 0.1) is 6.10 Å². The minimum Gasteiger partial charge on any atom is -0.391 e. The second-order valence-electron chi connectivity index (χ2n) is 6.53. The van der Waals surface area contributed by atoms with Crippen molar-refractivity contribution in [3.63, 3.8) is 0 Å². The molecule has 1 aromatic rings. The molecule has 2 atom stereocenters. The first-order chi connectivity index (χ1) is 10.2. The van der Waals surface area contributed by atoms with Crippen LogP contribution in [0.5, 0.6) is 0 Å². The van der Waals surface area contributed by atoms with E-state index in [1.165, 1.54) is 0 Å². The number of aliphatic hydroxyl groups excluding tert-OH is 1. The first-order valence-corrected chi connectivity index (χ1v) is 7.51. The maximum absolute atomic E-state index is 11.9. The van der Waals surface area contributed by atoms with Crippen molar-refractivity contribution in [1.82, 2.24) is 10.6 Å². The lowest BCUT2D eigenvalue weighted by Gasteiger charge is -2.22. The molecule has 0 bridgehead atoms. The van der Waals surface area contributed by atoms with Crippen molar-refractivity contribution in [3.8, 4) is 0 Å². The Balaban J connectivity index is 2.37. The molecule has 22 heavy (non-hydrogen) atoms. The predicted octanol–water partition coefficient (Wildman–Crippen LogP) is 1.26. The van der Waals surface area contributed by atoms with E-state index < -0.39 is 17.6 Å². The van der Waals surface area contributed by atoms with Crippen molar-refractivity contribution in [2.45, 2.75) is 46.3 Å². The maximum atomic E-state index is 11.9. The highest BCUT2D eigenvalue weighted by atomic mass is 16.3. The van der Waals surface area contributed by atoms with Crippen LogP contribution in [-0.4, -0.2) is 35.6 Å². The zero-order valence-corrected chi connectivity index (χ0v) is 13.7. The maximum Gasteiger partial charge on any atom is 0.242 e. The number of carbonyl (C=O) groups excluding carboxylic acids is 2. The summed E-state index contributed by atoms with van der Waals surface area (Å²) < 4.78 is 0. The molecule has 0 aliphatic heterocycles. The van der Waals surface area contributed by atoms with Gasteiger partial charge in [-0.15, -0.1) is 0 Å². The largest absolute Gasteiger partial charge is 0.391 e. The molecule has 0 radical (unpaired) electrons. The van der Waals surface area contributed by atoms with E-state index in [0.717, 1.165) is 5.56 Å². The summed E-state index contributed by atoms with van der Waals surface area (Å²) in [4.78, 5) is 23.7. The smallest absolute Gasteiger partial charge is 0.242 e. The molecule has 0 aliphatic rings. The van der Waals surface area contributed by atoms with Gasteiger partial charge in [-0.2, -0.15) is 0 Å². The van der Waals surface area contributed by atoms with Crippen LogP contribution >= 0.6 is 0 Å². The first-order valence-electron chi connectivity index (χ1n) is 7.51. The van der Waals surface area contributed by atoms with Crippen LogP contribution in [0.1, 0.15) is 33.3 Å². The van der Waals surface area contributed by atoms with Crippen molar-refractivity contribution in [2.75, 3.05) is 6.54 Å². The van der Waals surface area contributed by atoms with Gasteiger partial charge < -0.3 is 15.7 Å². The molecule has 5 heteroatoms. The van der Waals surface area contributed by atoms with Crippen LogP contribution in [0.15, 0.2) is 30.3 Å². The monoisotopic (exact) mass is 306 g/mol. The molecule has 5 nitrogen and oxygen atoms in total. The number of hydrogen-bond acceptors (Lipinski definition) is 3. The van der Waals surface area contributed by atoms with E-state index in [1.807, 2.05) is 30.3 Å². The minimum atomic E-state index is -0.656. The van der Waals surface area contributed by atoms with Crippen LogP contribution in [0.4, 0.5) is 0 Å². The summed E-state index contributed by atoms with van der Waals surface area (Å²) in [6.07, 6.45) is -0.180. The zero-order chi connectivity index (χ0) is 16.8. The lowest BCUT2D eigenvalue weighted by Crippen LogP contribution is -2.49.